The summed E-state index contributed by atoms with van der Waals surface area (Å²) in [7, 11) is 0. The van der Waals surface area contributed by atoms with E-state index in [1.54, 1.807) is 13.8 Å². The summed E-state index contributed by atoms with van der Waals surface area (Å²) in [5.41, 5.74) is 0.273. The molecule has 0 aliphatic carbocycles. The van der Waals surface area contributed by atoms with Gasteiger partial charge in [-0.15, -0.1) is 0 Å². The minimum atomic E-state index is -0.424. The average molecular weight is 209 g/mol. The molecule has 5 heteroatoms. The van der Waals surface area contributed by atoms with Crippen LogP contribution in [0.25, 0.3) is 0 Å². The van der Waals surface area contributed by atoms with Gasteiger partial charge in [-0.2, -0.15) is 0 Å². The molecule has 1 N–H and O–H groups in total. The quantitative estimate of drug-likeness (QED) is 0.761. The van der Waals surface area contributed by atoms with Crippen molar-refractivity contribution in [2.75, 3.05) is 11.9 Å². The number of aromatic nitrogens is 2. The number of rotatable bonds is 4. The smallest absolute Gasteiger partial charge is 0.357 e. The Bertz CT molecular complexity index is 339. The molecule has 0 atom stereocenters. The summed E-state index contributed by atoms with van der Waals surface area (Å²) in [4.78, 5) is 19.5. The van der Waals surface area contributed by atoms with E-state index in [2.05, 4.69) is 15.3 Å². The van der Waals surface area contributed by atoms with Gasteiger partial charge in [-0.25, -0.2) is 14.8 Å². The van der Waals surface area contributed by atoms with Crippen molar-refractivity contribution in [1.29, 1.82) is 0 Å². The molecule has 1 aromatic rings. The Morgan fingerprint density at radius 1 is 1.60 bits per heavy atom. The topological polar surface area (TPSA) is 64.1 Å². The van der Waals surface area contributed by atoms with Gasteiger partial charge in [0.1, 0.15) is 0 Å². The highest BCUT2D eigenvalue weighted by Crippen LogP contribution is 2.03. The fourth-order valence-electron chi connectivity index (χ4n) is 0.990. The first-order valence-corrected chi connectivity index (χ1v) is 4.91. The second kappa shape index (κ2) is 5.29. The first-order chi connectivity index (χ1) is 7.13. The summed E-state index contributed by atoms with van der Waals surface area (Å²) in [5.74, 6) is 0.0160. The van der Waals surface area contributed by atoms with Gasteiger partial charge in [0.25, 0.3) is 0 Å². The fourth-order valence-corrected chi connectivity index (χ4v) is 0.990. The van der Waals surface area contributed by atoms with E-state index < -0.39 is 5.97 Å². The van der Waals surface area contributed by atoms with E-state index in [0.29, 0.717) is 12.5 Å². The zero-order valence-electron chi connectivity index (χ0n) is 9.15. The van der Waals surface area contributed by atoms with Crippen LogP contribution in [0.2, 0.25) is 0 Å². The monoisotopic (exact) mass is 209 g/mol. The number of hydrogen-bond acceptors (Lipinski definition) is 5. The molecule has 0 aliphatic heterocycles. The molecule has 0 radical (unpaired) electrons. The molecule has 0 unspecified atom stereocenters. The molecule has 0 saturated heterocycles. The Labute approximate surface area is 88.9 Å². The molecular weight excluding hydrogens is 194 g/mol. The Kier molecular flexibility index (Phi) is 4.03. The van der Waals surface area contributed by atoms with Gasteiger partial charge in [-0.3, -0.25) is 0 Å². The standard InChI is InChI=1S/C10H15N3O2/c1-4-11-10-12-6-5-8(13-10)9(14)15-7(2)3/h5-7H,4H2,1-3H3,(H,11,12,13). The van der Waals surface area contributed by atoms with Crippen LogP contribution in [0.5, 0.6) is 0 Å². The van der Waals surface area contributed by atoms with E-state index in [1.165, 1.54) is 12.3 Å². The second-order valence-electron chi connectivity index (χ2n) is 3.25. The normalized spacial score (nSPS) is 10.1. The molecule has 82 valence electrons. The van der Waals surface area contributed by atoms with Crippen molar-refractivity contribution in [3.63, 3.8) is 0 Å². The highest BCUT2D eigenvalue weighted by molar-refractivity contribution is 5.87. The van der Waals surface area contributed by atoms with Crippen LogP contribution in [0.15, 0.2) is 12.3 Å². The van der Waals surface area contributed by atoms with E-state index in [1.807, 2.05) is 6.92 Å². The predicted molar refractivity (Wildman–Crippen MR) is 56.7 cm³/mol. The number of hydrogen-bond donors (Lipinski definition) is 1. The molecule has 1 rings (SSSR count). The van der Waals surface area contributed by atoms with Crippen LogP contribution in [0, 0.1) is 0 Å². The maximum atomic E-state index is 11.5. The zero-order valence-corrected chi connectivity index (χ0v) is 9.15. The third-order valence-corrected chi connectivity index (χ3v) is 1.54. The van der Waals surface area contributed by atoms with Gasteiger partial charge in [-0.05, 0) is 26.8 Å². The van der Waals surface area contributed by atoms with Gasteiger partial charge in [0, 0.05) is 12.7 Å². The minimum Gasteiger partial charge on any atom is -0.458 e. The van der Waals surface area contributed by atoms with E-state index in [4.69, 9.17) is 4.74 Å². The largest absolute Gasteiger partial charge is 0.458 e. The Morgan fingerprint density at radius 3 is 2.93 bits per heavy atom. The summed E-state index contributed by atoms with van der Waals surface area (Å²) in [5, 5.41) is 2.93. The van der Waals surface area contributed by atoms with Gasteiger partial charge in [0.15, 0.2) is 5.69 Å². The second-order valence-corrected chi connectivity index (χ2v) is 3.25. The van der Waals surface area contributed by atoms with Gasteiger partial charge >= 0.3 is 5.97 Å². The molecule has 0 aromatic carbocycles. The van der Waals surface area contributed by atoms with Crippen LogP contribution in [-0.2, 0) is 4.74 Å². The molecule has 0 aliphatic rings. The maximum absolute atomic E-state index is 11.5. The predicted octanol–water partition coefficient (Wildman–Crippen LogP) is 1.47. The molecule has 0 saturated carbocycles. The lowest BCUT2D eigenvalue weighted by Crippen LogP contribution is -2.14. The van der Waals surface area contributed by atoms with Crippen LogP contribution in [-0.4, -0.2) is 28.6 Å². The van der Waals surface area contributed by atoms with Crippen molar-refractivity contribution < 1.29 is 9.53 Å². The summed E-state index contributed by atoms with van der Waals surface area (Å²) in [6.45, 7) is 6.24. The molecule has 0 spiro atoms. The van der Waals surface area contributed by atoms with E-state index in [0.717, 1.165) is 0 Å². The van der Waals surface area contributed by atoms with Crippen LogP contribution < -0.4 is 5.32 Å². The highest BCUT2D eigenvalue weighted by Gasteiger charge is 2.11. The number of nitrogens with zero attached hydrogens (tertiary/aromatic N) is 2. The van der Waals surface area contributed by atoms with Crippen molar-refractivity contribution >= 4 is 11.9 Å². The number of anilines is 1. The van der Waals surface area contributed by atoms with Gasteiger partial charge in [-0.1, -0.05) is 0 Å². The van der Waals surface area contributed by atoms with E-state index in [-0.39, 0.29) is 11.8 Å². The fraction of sp³-hybridized carbons (Fsp3) is 0.500. The van der Waals surface area contributed by atoms with Crippen molar-refractivity contribution in [3.05, 3.63) is 18.0 Å². The Balaban J connectivity index is 2.76. The number of nitrogens with one attached hydrogen (secondary N) is 1. The molecule has 5 nitrogen and oxygen atoms in total. The Morgan fingerprint density at radius 2 is 2.33 bits per heavy atom. The molecule has 0 amide bonds. The summed E-state index contributed by atoms with van der Waals surface area (Å²) in [6.07, 6.45) is 1.39. The van der Waals surface area contributed by atoms with Crippen molar-refractivity contribution in [1.82, 2.24) is 9.97 Å². The van der Waals surface area contributed by atoms with Crippen molar-refractivity contribution in [2.24, 2.45) is 0 Å². The first kappa shape index (κ1) is 11.4. The lowest BCUT2D eigenvalue weighted by Gasteiger charge is -2.07. The molecule has 0 fully saturated rings. The number of ether oxygens (including phenoxy) is 1. The molecule has 1 heterocycles. The molecular formula is C10H15N3O2. The minimum absolute atomic E-state index is 0.143. The van der Waals surface area contributed by atoms with Crippen molar-refractivity contribution in [2.45, 2.75) is 26.9 Å². The van der Waals surface area contributed by atoms with E-state index in [9.17, 15) is 4.79 Å². The van der Waals surface area contributed by atoms with E-state index >= 15 is 0 Å². The van der Waals surface area contributed by atoms with Crippen LogP contribution in [0.3, 0.4) is 0 Å². The van der Waals surface area contributed by atoms with Crippen LogP contribution in [0.4, 0.5) is 5.95 Å². The van der Waals surface area contributed by atoms with Crippen molar-refractivity contribution in [3.8, 4) is 0 Å². The summed E-state index contributed by atoms with van der Waals surface area (Å²) in [6, 6.07) is 1.53. The highest BCUT2D eigenvalue weighted by atomic mass is 16.5. The SMILES string of the molecule is CCNc1nccc(C(=O)OC(C)C)n1. The van der Waals surface area contributed by atoms with Crippen LogP contribution >= 0.6 is 0 Å². The van der Waals surface area contributed by atoms with Gasteiger partial charge in [0.05, 0.1) is 6.10 Å². The Hall–Kier alpha value is -1.65. The molecule has 0 bridgehead atoms. The third kappa shape index (κ3) is 3.53. The average Bonchev–Trinajstić information content (AvgIpc) is 2.17. The van der Waals surface area contributed by atoms with Crippen LogP contribution in [0.1, 0.15) is 31.3 Å². The first-order valence-electron chi connectivity index (χ1n) is 4.91. The molecule has 1 aromatic heterocycles. The number of carbonyl (C=O) groups is 1. The zero-order chi connectivity index (χ0) is 11.3. The summed E-state index contributed by atoms with van der Waals surface area (Å²) >= 11 is 0. The number of esters is 1. The molecule has 15 heavy (non-hydrogen) atoms. The lowest BCUT2D eigenvalue weighted by molar-refractivity contribution is 0.0371. The van der Waals surface area contributed by atoms with Gasteiger partial charge < -0.3 is 10.1 Å². The summed E-state index contributed by atoms with van der Waals surface area (Å²) < 4.78 is 5.01. The third-order valence-electron chi connectivity index (χ3n) is 1.54. The maximum Gasteiger partial charge on any atom is 0.357 e. The van der Waals surface area contributed by atoms with Gasteiger partial charge in [0.2, 0.25) is 5.95 Å². The number of carbonyl (C=O) groups excluding carboxylic acids is 1. The lowest BCUT2D eigenvalue weighted by atomic mass is 10.4.